The number of thiazole rings is 1. The van der Waals surface area contributed by atoms with Crippen LogP contribution in [0.1, 0.15) is 71.1 Å². The van der Waals surface area contributed by atoms with Gasteiger partial charge in [0, 0.05) is 75.8 Å². The lowest BCUT2D eigenvalue weighted by Gasteiger charge is -2.39. The second-order valence-electron chi connectivity index (χ2n) is 20.8. The maximum Gasteiger partial charge on any atom is 0.258 e. The molecule has 1 aliphatic carbocycles. The summed E-state index contributed by atoms with van der Waals surface area (Å²) in [5.74, 6) is -0.449. The predicted octanol–water partition coefficient (Wildman–Crippen LogP) is 5.52. The zero-order valence-electron chi connectivity index (χ0n) is 41.7. The molecule has 0 spiro atoms. The highest BCUT2D eigenvalue weighted by atomic mass is 35.5. The van der Waals surface area contributed by atoms with E-state index < -0.39 is 47.0 Å². The first-order chi connectivity index (χ1) is 34.3. The van der Waals surface area contributed by atoms with Gasteiger partial charge in [0.25, 0.3) is 5.91 Å². The predicted molar refractivity (Wildman–Crippen MR) is 278 cm³/mol. The Morgan fingerprint density at radius 2 is 1.83 bits per heavy atom. The summed E-state index contributed by atoms with van der Waals surface area (Å²) >= 11 is 9.84. The van der Waals surface area contributed by atoms with Gasteiger partial charge in [-0.05, 0) is 73.7 Å². The number of aliphatic hydroxyl groups excluding tert-OH is 1. The number of hydrogen-bond donors (Lipinski definition) is 5. The van der Waals surface area contributed by atoms with E-state index >= 15 is 0 Å². The molecule has 0 radical (unpaired) electrons. The number of halogens is 2. The van der Waals surface area contributed by atoms with Crippen LogP contribution >= 0.6 is 34.7 Å². The summed E-state index contributed by atoms with van der Waals surface area (Å²) < 4.78 is 21.1. The molecule has 3 aliphatic heterocycles. The van der Waals surface area contributed by atoms with Gasteiger partial charge in [-0.15, -0.1) is 11.3 Å². The lowest BCUT2D eigenvalue weighted by atomic mass is 9.80. The molecule has 3 saturated heterocycles. The van der Waals surface area contributed by atoms with Crippen LogP contribution in [0.5, 0.6) is 5.75 Å². The smallest absolute Gasteiger partial charge is 0.258 e. The first-order valence-corrected chi connectivity index (χ1v) is 26.8. The van der Waals surface area contributed by atoms with Gasteiger partial charge in [0.1, 0.15) is 35.3 Å². The van der Waals surface area contributed by atoms with Crippen LogP contribution in [0.2, 0.25) is 5.02 Å². The number of carbonyl (C=O) groups is 4. The summed E-state index contributed by atoms with van der Waals surface area (Å²) in [5, 5.41) is 21.0. The van der Waals surface area contributed by atoms with Crippen LogP contribution in [-0.4, -0.2) is 154 Å². The van der Waals surface area contributed by atoms with E-state index in [0.29, 0.717) is 55.6 Å². The van der Waals surface area contributed by atoms with E-state index in [1.165, 1.54) is 28.0 Å². The fraction of sp³-hybridized carbons (Fsp3) is 0.549. The highest BCUT2D eigenvalue weighted by Gasteiger charge is 2.53. The Kier molecular flexibility index (Phi) is 16.7. The van der Waals surface area contributed by atoms with Gasteiger partial charge < -0.3 is 46.2 Å². The van der Waals surface area contributed by atoms with Crippen molar-refractivity contribution in [2.45, 2.75) is 107 Å². The lowest BCUT2D eigenvalue weighted by Crippen LogP contribution is -2.59. The molecule has 8 rings (SSSR count). The Balaban J connectivity index is 0.821. The van der Waals surface area contributed by atoms with Crippen molar-refractivity contribution in [2.24, 2.45) is 16.6 Å². The Hall–Kier alpha value is -5.12. The number of nitrogens with zero attached hydrogens (tertiary/aromatic N) is 7. The largest absolute Gasteiger partial charge is 0.492 e. The number of alkyl halides is 1. The maximum atomic E-state index is 14.7. The molecule has 72 heavy (non-hydrogen) atoms. The molecule has 1 saturated carbocycles. The molecule has 6 N–H and O–H groups in total. The molecule has 2 aromatic carbocycles. The molecule has 5 heterocycles. The highest BCUT2D eigenvalue weighted by molar-refractivity contribution is 7.99. The van der Waals surface area contributed by atoms with Crippen molar-refractivity contribution in [3.8, 4) is 16.2 Å². The number of aliphatic hydroxyl groups is 1. The Bertz CT molecular complexity index is 2590. The number of piperazine rings is 1. The number of nitrogens with two attached hydrogens (primary N) is 1. The van der Waals surface area contributed by atoms with E-state index in [0.717, 1.165) is 63.5 Å². The number of benzene rings is 2. The Morgan fingerprint density at radius 1 is 1.06 bits per heavy atom. The number of hydrogen-bond acceptors (Lipinski definition) is 15. The Labute approximate surface area is 434 Å². The minimum atomic E-state index is -1.98. The maximum absolute atomic E-state index is 14.7. The van der Waals surface area contributed by atoms with Crippen LogP contribution in [-0.2, 0) is 25.7 Å². The molecule has 17 nitrogen and oxygen atoms in total. The minimum Gasteiger partial charge on any atom is -0.492 e. The van der Waals surface area contributed by atoms with Gasteiger partial charge in [-0.3, -0.25) is 24.1 Å². The summed E-state index contributed by atoms with van der Waals surface area (Å²) in [6, 6.07) is 9.43. The van der Waals surface area contributed by atoms with Crippen LogP contribution in [0.4, 0.5) is 15.9 Å². The van der Waals surface area contributed by atoms with Gasteiger partial charge in [0.15, 0.2) is 5.67 Å². The van der Waals surface area contributed by atoms with Gasteiger partial charge >= 0.3 is 0 Å². The molecule has 388 valence electrons. The summed E-state index contributed by atoms with van der Waals surface area (Å²) in [6.45, 7) is 15.1. The molecule has 21 heteroatoms. The quantitative estimate of drug-likeness (QED) is 0.0783. The number of anilines is 2. The van der Waals surface area contributed by atoms with Crippen molar-refractivity contribution in [1.82, 2.24) is 40.3 Å². The van der Waals surface area contributed by atoms with E-state index in [9.17, 15) is 28.7 Å². The van der Waals surface area contributed by atoms with E-state index in [-0.39, 0.29) is 56.8 Å². The number of aromatic nitrogens is 3. The van der Waals surface area contributed by atoms with Crippen molar-refractivity contribution in [1.29, 1.82) is 0 Å². The van der Waals surface area contributed by atoms with Gasteiger partial charge in [0.2, 0.25) is 17.7 Å². The number of likely N-dealkylation sites (tertiary alicyclic amines) is 1. The van der Waals surface area contributed by atoms with Crippen molar-refractivity contribution in [3.63, 3.8) is 0 Å². The number of nitrogens with one attached hydrogen (secondary N) is 3. The van der Waals surface area contributed by atoms with Crippen molar-refractivity contribution in [2.75, 3.05) is 82.3 Å². The number of ether oxygens (including phenoxy) is 1. The van der Waals surface area contributed by atoms with Gasteiger partial charge in [-0.1, -0.05) is 69.3 Å². The van der Waals surface area contributed by atoms with Crippen LogP contribution in [0.15, 0.2) is 64.2 Å². The molecule has 4 aromatic rings. The third kappa shape index (κ3) is 12.8. The summed E-state index contributed by atoms with van der Waals surface area (Å²) in [4.78, 5) is 77.0. The zero-order valence-corrected chi connectivity index (χ0v) is 44.1. The number of β-amino-alcohol motifs (C(OH)–C–C–N with tert-alkyl or cyclic N) is 1. The zero-order chi connectivity index (χ0) is 51.4. The van der Waals surface area contributed by atoms with Gasteiger partial charge in [0.05, 0.1) is 51.8 Å². The van der Waals surface area contributed by atoms with Gasteiger partial charge in [-0.25, -0.2) is 19.3 Å². The molecule has 3 atom stereocenters. The van der Waals surface area contributed by atoms with Crippen molar-refractivity contribution < 1.29 is 33.4 Å². The standard InChI is InChI=1S/C51H67ClFN11O6S2/c1-32-44(71-31-59-32)33-9-10-34(25-58-46(67)37-24-35(65)28-64(37)47(68)45(49(2,3)4)60-48(69)51(53)11-12-51)38(23-33)70-22-21-61-19-20-63(42(66)29-61)18-15-55-36-7-6-8-39(43(36)52)72-41-27-56-40(26-57-41)62-16-13-50(5,30-54)14-17-62/h6-10,23,26-27,31,35,37,45,55,65H,11-22,24-25,28-30,54H2,1-5H3,(H,58,67)(H,60,69)/t35-,37+,45-/m1/s1. The van der Waals surface area contributed by atoms with E-state index in [1.807, 2.05) is 54.4 Å². The molecule has 2 aromatic heterocycles. The number of amides is 4. The topological polar surface area (TPSA) is 211 Å². The number of rotatable bonds is 19. The van der Waals surface area contributed by atoms with Gasteiger partial charge in [-0.2, -0.15) is 0 Å². The average molecular weight is 1050 g/mol. The second-order valence-corrected chi connectivity index (χ2v) is 23.1. The molecule has 4 aliphatic rings. The molecule has 0 unspecified atom stereocenters. The van der Waals surface area contributed by atoms with Crippen LogP contribution in [0.3, 0.4) is 0 Å². The Morgan fingerprint density at radius 3 is 2.50 bits per heavy atom. The van der Waals surface area contributed by atoms with E-state index in [1.54, 1.807) is 32.5 Å². The minimum absolute atomic E-state index is 0.00871. The third-order valence-electron chi connectivity index (χ3n) is 14.2. The van der Waals surface area contributed by atoms with Crippen molar-refractivity contribution in [3.05, 3.63) is 70.6 Å². The fourth-order valence-corrected chi connectivity index (χ4v) is 11.1. The van der Waals surface area contributed by atoms with Crippen LogP contribution in [0, 0.1) is 17.8 Å². The summed E-state index contributed by atoms with van der Waals surface area (Å²) in [5.41, 5.74) is 8.41. The molecular weight excluding hydrogens is 981 g/mol. The van der Waals surface area contributed by atoms with E-state index in [2.05, 4.69) is 42.6 Å². The summed E-state index contributed by atoms with van der Waals surface area (Å²) in [7, 11) is 0. The van der Waals surface area contributed by atoms with Crippen molar-refractivity contribution >= 4 is 69.8 Å². The number of aryl methyl sites for hydroxylation is 1. The molecule has 4 amide bonds. The molecule has 4 fully saturated rings. The number of piperidine rings is 1. The first kappa shape index (κ1) is 53.2. The SMILES string of the molecule is Cc1ncsc1-c1ccc(CNC(=O)[C@@H]2C[C@@H](O)CN2C(=O)[C@@H](NC(=O)C2(F)CC2)C(C)(C)C)c(OCCN2CCN(CCNc3cccc(Sc4cnc(N5CCC(C)(CN)CC5)cn4)c3Cl)C(=O)C2)c1. The molecule has 0 bridgehead atoms. The average Bonchev–Trinajstić information content (AvgIpc) is 3.76. The monoisotopic (exact) mass is 1050 g/mol. The normalized spacial score (nSPS) is 20.3. The lowest BCUT2D eigenvalue weighted by molar-refractivity contribution is -0.145. The first-order valence-electron chi connectivity index (χ1n) is 24.7. The third-order valence-corrected chi connectivity index (χ3v) is 16.7. The number of carbonyl (C=O) groups excluding carboxylic acids is 4. The molecular formula is C51H67ClFN11O6S2. The fourth-order valence-electron chi connectivity index (χ4n) is 9.21. The highest BCUT2D eigenvalue weighted by Crippen LogP contribution is 2.41. The van der Waals surface area contributed by atoms with Crippen LogP contribution < -0.4 is 31.3 Å². The van der Waals surface area contributed by atoms with E-state index in [4.69, 9.17) is 27.1 Å². The second kappa shape index (κ2) is 22.6. The van der Waals surface area contributed by atoms with Crippen LogP contribution in [0.25, 0.3) is 10.4 Å². The summed E-state index contributed by atoms with van der Waals surface area (Å²) in [6.07, 6.45) is 4.90.